The molecule has 0 saturated carbocycles. The van der Waals surface area contributed by atoms with E-state index in [9.17, 15) is 4.79 Å². The number of benzene rings is 1. The first-order valence-corrected chi connectivity index (χ1v) is 11.3. The Bertz CT molecular complexity index is 922. The Morgan fingerprint density at radius 1 is 1.20 bits per heavy atom. The average Bonchev–Trinajstić information content (AvgIpc) is 3.28. The fourth-order valence-corrected chi connectivity index (χ4v) is 4.58. The molecule has 1 fully saturated rings. The van der Waals surface area contributed by atoms with Crippen LogP contribution >= 0.6 is 11.3 Å². The number of rotatable bonds is 7. The average molecular weight is 422 g/mol. The van der Waals surface area contributed by atoms with Crippen LogP contribution in [0.15, 0.2) is 59.7 Å². The van der Waals surface area contributed by atoms with Gasteiger partial charge in [-0.15, -0.1) is 0 Å². The van der Waals surface area contributed by atoms with Crippen molar-refractivity contribution in [3.63, 3.8) is 0 Å². The summed E-state index contributed by atoms with van der Waals surface area (Å²) in [7, 11) is 0. The number of piperidine rings is 1. The molecule has 7 heteroatoms. The van der Waals surface area contributed by atoms with Gasteiger partial charge in [-0.05, 0) is 72.8 Å². The third kappa shape index (κ3) is 5.43. The molecule has 1 aliphatic heterocycles. The van der Waals surface area contributed by atoms with Crippen LogP contribution in [0.4, 0.5) is 11.4 Å². The van der Waals surface area contributed by atoms with Gasteiger partial charge in [-0.1, -0.05) is 0 Å². The topological polar surface area (TPSA) is 70.2 Å². The van der Waals surface area contributed by atoms with Crippen molar-refractivity contribution in [3.05, 3.63) is 70.9 Å². The first-order valence-electron chi connectivity index (χ1n) is 10.4. The Balaban J connectivity index is 1.25. The Morgan fingerprint density at radius 2 is 2.00 bits per heavy atom. The number of carbonyl (C=O) groups excluding carboxylic acids is 1. The molecule has 3 aromatic rings. The second-order valence-electron chi connectivity index (χ2n) is 7.76. The number of anilines is 2. The first kappa shape index (κ1) is 20.5. The van der Waals surface area contributed by atoms with Crippen LogP contribution in [0.2, 0.25) is 0 Å². The highest BCUT2D eigenvalue weighted by Gasteiger charge is 2.21. The zero-order valence-electron chi connectivity index (χ0n) is 17.1. The predicted molar refractivity (Wildman–Crippen MR) is 122 cm³/mol. The van der Waals surface area contributed by atoms with Gasteiger partial charge in [0.25, 0.3) is 5.91 Å². The van der Waals surface area contributed by atoms with Gasteiger partial charge in [-0.2, -0.15) is 11.3 Å². The number of nitrogens with one attached hydrogen (secondary N) is 2. The molecule has 4 rings (SSSR count). The van der Waals surface area contributed by atoms with E-state index in [-0.39, 0.29) is 5.91 Å². The van der Waals surface area contributed by atoms with E-state index in [4.69, 9.17) is 0 Å². The lowest BCUT2D eigenvalue weighted by molar-refractivity contribution is 0.102. The van der Waals surface area contributed by atoms with Crippen LogP contribution in [0.3, 0.4) is 0 Å². The summed E-state index contributed by atoms with van der Waals surface area (Å²) in [6, 6.07) is 11.3. The summed E-state index contributed by atoms with van der Waals surface area (Å²) in [5, 5.41) is 11.0. The Kier molecular flexibility index (Phi) is 6.71. The molecule has 1 saturated heterocycles. The van der Waals surface area contributed by atoms with Crippen molar-refractivity contribution in [2.24, 2.45) is 0 Å². The number of thiophene rings is 1. The van der Waals surface area contributed by atoms with E-state index in [2.05, 4.69) is 61.4 Å². The van der Waals surface area contributed by atoms with Crippen LogP contribution in [0.1, 0.15) is 35.8 Å². The predicted octanol–water partition coefficient (Wildman–Crippen LogP) is 3.98. The lowest BCUT2D eigenvalue weighted by atomic mass is 10.0. The van der Waals surface area contributed by atoms with Crippen LogP contribution in [-0.2, 0) is 6.42 Å². The first-order chi connectivity index (χ1) is 14.7. The molecule has 30 heavy (non-hydrogen) atoms. The molecule has 2 N–H and O–H groups in total. The highest BCUT2D eigenvalue weighted by atomic mass is 32.1. The van der Waals surface area contributed by atoms with Crippen LogP contribution < -0.4 is 15.5 Å². The van der Waals surface area contributed by atoms with Crippen molar-refractivity contribution in [1.82, 2.24) is 15.3 Å². The molecule has 0 spiro atoms. The fourth-order valence-electron chi connectivity index (χ4n) is 3.90. The Labute approximate surface area is 181 Å². The molecular weight excluding hydrogens is 394 g/mol. The van der Waals surface area contributed by atoms with Gasteiger partial charge in [0, 0.05) is 48.9 Å². The van der Waals surface area contributed by atoms with Crippen LogP contribution in [0, 0.1) is 0 Å². The van der Waals surface area contributed by atoms with Gasteiger partial charge in [0.05, 0.1) is 6.20 Å². The minimum absolute atomic E-state index is 0.251. The lowest BCUT2D eigenvalue weighted by Gasteiger charge is -2.35. The van der Waals surface area contributed by atoms with E-state index in [1.54, 1.807) is 17.5 Å². The highest BCUT2D eigenvalue weighted by molar-refractivity contribution is 7.07. The van der Waals surface area contributed by atoms with Crippen LogP contribution in [0.25, 0.3) is 0 Å². The van der Waals surface area contributed by atoms with Crippen molar-refractivity contribution >= 4 is 28.6 Å². The number of amides is 1. The van der Waals surface area contributed by atoms with E-state index < -0.39 is 0 Å². The summed E-state index contributed by atoms with van der Waals surface area (Å²) in [6.07, 6.45) is 7.89. The number of hydrogen-bond donors (Lipinski definition) is 2. The molecule has 6 nitrogen and oxygen atoms in total. The number of aromatic nitrogens is 2. The lowest BCUT2D eigenvalue weighted by Crippen LogP contribution is -2.46. The smallest absolute Gasteiger partial charge is 0.275 e. The standard InChI is InChI=1S/C23H27N5OS/c1-17(14-18-8-13-30-16-18)26-20-6-11-28(12-7-20)21-4-2-19(3-5-21)27-23(29)22-15-24-9-10-25-22/h2-5,8-10,13,15-17,20,26H,6-7,11-12,14H2,1H3,(H,27,29). The van der Waals surface area contributed by atoms with E-state index >= 15 is 0 Å². The van der Waals surface area contributed by atoms with Gasteiger partial charge in [-0.25, -0.2) is 4.98 Å². The minimum Gasteiger partial charge on any atom is -0.371 e. The molecule has 156 valence electrons. The van der Waals surface area contributed by atoms with Crippen LogP contribution in [0.5, 0.6) is 0 Å². The van der Waals surface area contributed by atoms with Gasteiger partial charge < -0.3 is 15.5 Å². The van der Waals surface area contributed by atoms with Gasteiger partial charge in [0.2, 0.25) is 0 Å². The summed E-state index contributed by atoms with van der Waals surface area (Å²) < 4.78 is 0. The third-order valence-corrected chi connectivity index (χ3v) is 6.16. The highest BCUT2D eigenvalue weighted by Crippen LogP contribution is 2.23. The van der Waals surface area contributed by atoms with Crippen molar-refractivity contribution in [2.75, 3.05) is 23.3 Å². The van der Waals surface area contributed by atoms with Crippen molar-refractivity contribution in [3.8, 4) is 0 Å². The minimum atomic E-state index is -0.251. The zero-order valence-corrected chi connectivity index (χ0v) is 17.9. The van der Waals surface area contributed by atoms with Crippen molar-refractivity contribution in [2.45, 2.75) is 38.3 Å². The quantitative estimate of drug-likeness (QED) is 0.604. The molecule has 2 aromatic heterocycles. The van der Waals surface area contributed by atoms with Gasteiger partial charge >= 0.3 is 0 Å². The monoisotopic (exact) mass is 421 g/mol. The SMILES string of the molecule is CC(Cc1ccsc1)NC1CCN(c2ccc(NC(=O)c3cnccn3)cc2)CC1. The van der Waals surface area contributed by atoms with Crippen molar-refractivity contribution < 1.29 is 4.79 Å². The summed E-state index contributed by atoms with van der Waals surface area (Å²) in [5.41, 5.74) is 3.68. The van der Waals surface area contributed by atoms with E-state index in [0.717, 1.165) is 38.0 Å². The second-order valence-corrected chi connectivity index (χ2v) is 8.54. The van der Waals surface area contributed by atoms with Gasteiger partial charge in [0.15, 0.2) is 0 Å². The normalized spacial score (nSPS) is 15.7. The van der Waals surface area contributed by atoms with E-state index in [1.165, 1.54) is 23.6 Å². The number of carbonyl (C=O) groups is 1. The molecule has 3 heterocycles. The van der Waals surface area contributed by atoms with Crippen LogP contribution in [-0.4, -0.2) is 41.0 Å². The van der Waals surface area contributed by atoms with E-state index in [0.29, 0.717) is 17.8 Å². The molecule has 1 amide bonds. The Hall–Kier alpha value is -2.77. The molecule has 1 atom stereocenters. The maximum atomic E-state index is 12.2. The maximum absolute atomic E-state index is 12.2. The third-order valence-electron chi connectivity index (χ3n) is 5.42. The molecule has 0 aliphatic carbocycles. The van der Waals surface area contributed by atoms with E-state index in [1.807, 2.05) is 12.1 Å². The Morgan fingerprint density at radius 3 is 2.67 bits per heavy atom. The molecule has 1 unspecified atom stereocenters. The number of nitrogens with zero attached hydrogens (tertiary/aromatic N) is 3. The molecule has 1 aromatic carbocycles. The maximum Gasteiger partial charge on any atom is 0.275 e. The summed E-state index contributed by atoms with van der Waals surface area (Å²) in [4.78, 5) is 22.6. The summed E-state index contributed by atoms with van der Waals surface area (Å²) >= 11 is 1.76. The molecule has 1 aliphatic rings. The van der Waals surface area contributed by atoms with Gasteiger partial charge in [0.1, 0.15) is 5.69 Å². The fraction of sp³-hybridized carbons (Fsp3) is 0.348. The van der Waals surface area contributed by atoms with Gasteiger partial charge in [-0.3, -0.25) is 9.78 Å². The summed E-state index contributed by atoms with van der Waals surface area (Å²) in [5.74, 6) is -0.251. The summed E-state index contributed by atoms with van der Waals surface area (Å²) in [6.45, 7) is 4.35. The largest absolute Gasteiger partial charge is 0.371 e. The molecular formula is C23H27N5OS. The van der Waals surface area contributed by atoms with Crippen molar-refractivity contribution in [1.29, 1.82) is 0 Å². The second kappa shape index (κ2) is 9.82. The zero-order chi connectivity index (χ0) is 20.8. The molecule has 0 bridgehead atoms. The number of hydrogen-bond acceptors (Lipinski definition) is 6. The molecule has 0 radical (unpaired) electrons.